The lowest BCUT2D eigenvalue weighted by Gasteiger charge is -2.31. The van der Waals surface area contributed by atoms with Crippen molar-refractivity contribution in [1.82, 2.24) is 10.2 Å². The van der Waals surface area contributed by atoms with Crippen molar-refractivity contribution in [2.75, 3.05) is 13.6 Å². The van der Waals surface area contributed by atoms with Gasteiger partial charge in [-0.3, -0.25) is 15.3 Å². The van der Waals surface area contributed by atoms with Crippen molar-refractivity contribution in [3.05, 3.63) is 34.7 Å². The van der Waals surface area contributed by atoms with Gasteiger partial charge in [-0.1, -0.05) is 40.9 Å². The van der Waals surface area contributed by atoms with Gasteiger partial charge in [0.2, 0.25) is 0 Å². The second-order valence-electron chi connectivity index (χ2n) is 6.62. The first-order chi connectivity index (χ1) is 12.3. The molecule has 0 radical (unpaired) electrons. The molecule has 9 heteroatoms. The molecule has 0 saturated carbocycles. The normalized spacial score (nSPS) is 33.2. The Kier molecular flexibility index (Phi) is 6.09. The largest absolute Gasteiger partial charge is 0.378 e. The first kappa shape index (κ1) is 19.8. The summed E-state index contributed by atoms with van der Waals surface area (Å²) in [5, 5.41) is 13.9. The lowest BCUT2D eigenvalue weighted by atomic mass is 9.97. The topological polar surface area (TPSA) is 60.2 Å². The monoisotopic (exact) mass is 420 g/mol. The summed E-state index contributed by atoms with van der Waals surface area (Å²) in [5.41, 5.74) is 0.0708. The van der Waals surface area contributed by atoms with Crippen LogP contribution in [-0.4, -0.2) is 58.4 Å². The lowest BCUT2D eigenvalue weighted by molar-refractivity contribution is 0.0849. The smallest absolute Gasteiger partial charge is 0.160 e. The van der Waals surface area contributed by atoms with E-state index < -0.39 is 23.5 Å². The number of aliphatic hydroxyl groups excluding tert-OH is 1. The fraction of sp³-hybridized carbons (Fsp3) is 0.529. The fourth-order valence-corrected chi connectivity index (χ4v) is 3.87. The molecule has 0 aromatic heterocycles. The lowest BCUT2D eigenvalue weighted by Crippen LogP contribution is -2.46. The third kappa shape index (κ3) is 3.99. The molecule has 4 unspecified atom stereocenters. The molecule has 0 aromatic carbocycles. The highest BCUT2D eigenvalue weighted by Crippen LogP contribution is 2.30. The van der Waals surface area contributed by atoms with Gasteiger partial charge < -0.3 is 10.0 Å². The van der Waals surface area contributed by atoms with Crippen LogP contribution in [0.2, 0.25) is 0 Å². The van der Waals surface area contributed by atoms with Crippen LogP contribution in [0.3, 0.4) is 0 Å². The van der Waals surface area contributed by atoms with Gasteiger partial charge in [-0.2, -0.15) is 0 Å². The van der Waals surface area contributed by atoms with Crippen LogP contribution in [0.5, 0.6) is 0 Å². The van der Waals surface area contributed by atoms with Crippen molar-refractivity contribution in [1.29, 1.82) is 0 Å². The highest BCUT2D eigenvalue weighted by atomic mass is 35.5. The van der Waals surface area contributed by atoms with Crippen molar-refractivity contribution < 1.29 is 9.50 Å². The number of alkyl halides is 1. The van der Waals surface area contributed by atoms with Gasteiger partial charge in [0.15, 0.2) is 11.0 Å². The first-order valence-corrected chi connectivity index (χ1v) is 9.51. The van der Waals surface area contributed by atoms with E-state index in [1.54, 1.807) is 6.08 Å². The molecular weight excluding hydrogens is 402 g/mol. The van der Waals surface area contributed by atoms with E-state index >= 15 is 0 Å². The number of dihydropyridines is 1. The molecule has 0 saturated heterocycles. The maximum Gasteiger partial charge on any atom is 0.160 e. The number of hydrogen-bond acceptors (Lipinski definition) is 5. The van der Waals surface area contributed by atoms with Crippen LogP contribution in [0.25, 0.3) is 0 Å². The van der Waals surface area contributed by atoms with E-state index in [-0.39, 0.29) is 11.2 Å². The van der Waals surface area contributed by atoms with E-state index in [9.17, 15) is 9.50 Å². The summed E-state index contributed by atoms with van der Waals surface area (Å²) >= 11 is 18.1. The molecule has 2 N–H and O–H groups in total. The van der Waals surface area contributed by atoms with Crippen molar-refractivity contribution in [3.63, 3.8) is 0 Å². The van der Waals surface area contributed by atoms with Crippen molar-refractivity contribution in [2.45, 2.75) is 37.2 Å². The van der Waals surface area contributed by atoms with Gasteiger partial charge in [-0.25, -0.2) is 4.39 Å². The van der Waals surface area contributed by atoms with E-state index in [2.05, 4.69) is 27.1 Å². The van der Waals surface area contributed by atoms with Crippen molar-refractivity contribution >= 4 is 45.8 Å². The second kappa shape index (κ2) is 7.98. The summed E-state index contributed by atoms with van der Waals surface area (Å²) in [7, 11) is 1.98. The Bertz CT molecular complexity index is 734. The van der Waals surface area contributed by atoms with Crippen molar-refractivity contribution in [3.8, 4) is 0 Å². The molecule has 0 aromatic rings. The van der Waals surface area contributed by atoms with E-state index in [1.165, 1.54) is 6.08 Å². The SMILES string of the molecule is CC1CN=C(C2=C(Cl)C=CC(NC(O)[C@H]3C=C(F)C(Cl)=NC3Cl)C2)N1C. The summed E-state index contributed by atoms with van der Waals surface area (Å²) in [6.07, 6.45) is 4.30. The maximum atomic E-state index is 13.7. The average Bonchev–Trinajstić information content (AvgIpc) is 2.92. The van der Waals surface area contributed by atoms with Crippen molar-refractivity contribution in [2.24, 2.45) is 15.9 Å². The number of hydrogen-bond donors (Lipinski definition) is 2. The van der Waals surface area contributed by atoms with Gasteiger partial charge in [-0.15, -0.1) is 0 Å². The zero-order valence-corrected chi connectivity index (χ0v) is 16.6. The zero-order chi connectivity index (χ0) is 19.0. The number of amidine groups is 1. The van der Waals surface area contributed by atoms with Crippen LogP contribution in [-0.2, 0) is 0 Å². The van der Waals surface area contributed by atoms with Gasteiger partial charge in [0, 0.05) is 29.7 Å². The van der Waals surface area contributed by atoms with Gasteiger partial charge in [-0.05, 0) is 25.5 Å². The summed E-state index contributed by atoms with van der Waals surface area (Å²) in [6, 6.07) is 0.121. The van der Waals surface area contributed by atoms with Gasteiger partial charge >= 0.3 is 0 Å². The highest BCUT2D eigenvalue weighted by Gasteiger charge is 2.33. The van der Waals surface area contributed by atoms with Gasteiger partial charge in [0.1, 0.15) is 17.6 Å². The molecule has 3 aliphatic rings. The Morgan fingerprint density at radius 2 is 2.15 bits per heavy atom. The summed E-state index contributed by atoms with van der Waals surface area (Å²) in [6.45, 7) is 2.82. The Hall–Kier alpha value is -0.920. The van der Waals surface area contributed by atoms with Crippen LogP contribution in [0.15, 0.2) is 44.6 Å². The minimum Gasteiger partial charge on any atom is -0.378 e. The number of rotatable bonds is 4. The Morgan fingerprint density at radius 3 is 2.81 bits per heavy atom. The standard InChI is InChI=1S/C17H20Cl3FN4O/c1-8-7-22-16(25(8)2)10-5-9(3-4-12(10)18)23-17(26)11-6-13(21)15(20)24-14(11)19/h3-4,6,8-9,11,14,17,23,26H,5,7H2,1-2H3/t8?,9?,11-,14?,17?/m0/s1. The summed E-state index contributed by atoms with van der Waals surface area (Å²) < 4.78 is 13.7. The highest BCUT2D eigenvalue weighted by molar-refractivity contribution is 6.69. The third-order valence-corrected chi connectivity index (χ3v) is 5.82. The molecule has 2 aliphatic heterocycles. The number of likely N-dealkylation sites (N-methyl/N-ethyl adjacent to an activating group) is 1. The van der Waals surface area contributed by atoms with E-state index in [4.69, 9.17) is 34.8 Å². The second-order valence-corrected chi connectivity index (χ2v) is 7.83. The number of aliphatic hydroxyl groups is 1. The van der Waals surface area contributed by atoms with Crippen LogP contribution in [0.4, 0.5) is 4.39 Å². The minimum absolute atomic E-state index is 0.198. The Balaban J connectivity index is 1.68. The first-order valence-electron chi connectivity index (χ1n) is 8.31. The molecule has 5 atom stereocenters. The van der Waals surface area contributed by atoms with Gasteiger partial charge in [0.05, 0.1) is 12.5 Å². The predicted octanol–water partition coefficient (Wildman–Crippen LogP) is 3.13. The van der Waals surface area contributed by atoms with Crippen LogP contribution < -0.4 is 5.32 Å². The molecule has 0 bridgehead atoms. The third-order valence-electron chi connectivity index (χ3n) is 4.80. The number of nitrogens with one attached hydrogen (secondary N) is 1. The van der Waals surface area contributed by atoms with E-state index in [0.29, 0.717) is 17.5 Å². The molecule has 1 aliphatic carbocycles. The minimum atomic E-state index is -1.09. The molecule has 5 nitrogen and oxygen atoms in total. The number of allylic oxidation sites excluding steroid dienone is 3. The fourth-order valence-electron chi connectivity index (χ4n) is 3.11. The predicted molar refractivity (Wildman–Crippen MR) is 105 cm³/mol. The summed E-state index contributed by atoms with van der Waals surface area (Å²) in [5.74, 6) is -0.555. The van der Waals surface area contributed by atoms with Crippen LogP contribution in [0, 0.1) is 5.92 Å². The van der Waals surface area contributed by atoms with E-state index in [0.717, 1.165) is 18.0 Å². The Labute approximate surface area is 166 Å². The van der Waals surface area contributed by atoms with Crippen LogP contribution >= 0.6 is 34.8 Å². The van der Waals surface area contributed by atoms with E-state index in [1.807, 2.05) is 13.1 Å². The maximum absolute atomic E-state index is 13.7. The molecule has 3 rings (SSSR count). The molecule has 0 fully saturated rings. The molecule has 142 valence electrons. The van der Waals surface area contributed by atoms with Crippen LogP contribution in [0.1, 0.15) is 13.3 Å². The number of halogens is 4. The Morgan fingerprint density at radius 1 is 1.42 bits per heavy atom. The van der Waals surface area contributed by atoms with Gasteiger partial charge in [0.25, 0.3) is 0 Å². The molecule has 26 heavy (non-hydrogen) atoms. The zero-order valence-electron chi connectivity index (χ0n) is 14.3. The molecule has 0 spiro atoms. The quantitative estimate of drug-likeness (QED) is 0.416. The summed E-state index contributed by atoms with van der Waals surface area (Å²) in [4.78, 5) is 10.5. The molecule has 2 heterocycles. The molecule has 0 amide bonds. The average molecular weight is 422 g/mol. The number of nitrogens with zero attached hydrogens (tertiary/aromatic N) is 3. The molecular formula is C17H20Cl3FN4O. The number of aliphatic imine (C=N–C) groups is 2.